The highest BCUT2D eigenvalue weighted by molar-refractivity contribution is 7.99. The first-order valence-corrected chi connectivity index (χ1v) is 4.84. The molecule has 64 valence electrons. The zero-order chi connectivity index (χ0) is 8.55. The van der Waals surface area contributed by atoms with E-state index < -0.39 is 0 Å². The molecule has 1 amide bonds. The van der Waals surface area contributed by atoms with E-state index in [1.807, 2.05) is 23.0 Å². The fraction of sp³-hybridized carbons (Fsp3) is 0.375. The van der Waals surface area contributed by atoms with Gasteiger partial charge in [-0.25, -0.2) is 0 Å². The number of aromatic nitrogens is 1. The number of thioether (sulfide) groups is 1. The van der Waals surface area contributed by atoms with Gasteiger partial charge in [0.2, 0.25) is 5.91 Å². The smallest absolute Gasteiger partial charge is 0.241 e. The maximum atomic E-state index is 11.4. The second-order valence-corrected chi connectivity index (χ2v) is 3.82. The molecule has 1 aliphatic heterocycles. The quantitative estimate of drug-likeness (QED) is 0.600. The first-order valence-electron chi connectivity index (χ1n) is 3.86. The minimum atomic E-state index is 0.178. The van der Waals surface area contributed by atoms with E-state index in [-0.39, 0.29) is 5.91 Å². The maximum Gasteiger partial charge on any atom is 0.241 e. The highest BCUT2D eigenvalue weighted by Crippen LogP contribution is 2.22. The van der Waals surface area contributed by atoms with E-state index in [0.29, 0.717) is 6.42 Å². The number of hydrogen-bond acceptors (Lipinski definition) is 2. The Morgan fingerprint density at radius 2 is 2.42 bits per heavy atom. The lowest BCUT2D eigenvalue weighted by atomic mass is 10.4. The highest BCUT2D eigenvalue weighted by Gasteiger charge is 2.16. The van der Waals surface area contributed by atoms with Gasteiger partial charge < -0.3 is 0 Å². The lowest BCUT2D eigenvalue weighted by Crippen LogP contribution is -2.35. The van der Waals surface area contributed by atoms with E-state index in [1.165, 1.54) is 0 Å². The van der Waals surface area contributed by atoms with Crippen LogP contribution in [0.5, 0.6) is 0 Å². The van der Waals surface area contributed by atoms with E-state index in [2.05, 4.69) is 0 Å². The van der Waals surface area contributed by atoms with E-state index in [1.54, 1.807) is 23.8 Å². The van der Waals surface area contributed by atoms with Crippen molar-refractivity contribution in [3.63, 3.8) is 0 Å². The Morgan fingerprint density at radius 3 is 3.25 bits per heavy atom. The summed E-state index contributed by atoms with van der Waals surface area (Å²) in [7, 11) is 1.80. The van der Waals surface area contributed by atoms with Crippen molar-refractivity contribution in [3.8, 4) is 0 Å². The third-order valence-electron chi connectivity index (χ3n) is 1.94. The average Bonchev–Trinajstić information content (AvgIpc) is 2.46. The molecule has 0 N–H and O–H groups in total. The molecule has 0 aliphatic carbocycles. The largest absolute Gasteiger partial charge is 0.273 e. The van der Waals surface area contributed by atoms with Crippen LogP contribution in [0.3, 0.4) is 0 Å². The summed E-state index contributed by atoms with van der Waals surface area (Å²) in [4.78, 5) is 11.4. The fourth-order valence-electron chi connectivity index (χ4n) is 1.24. The molecule has 2 rings (SSSR count). The van der Waals surface area contributed by atoms with E-state index >= 15 is 0 Å². The van der Waals surface area contributed by atoms with Gasteiger partial charge in [-0.1, -0.05) is 0 Å². The fourth-order valence-corrected chi connectivity index (χ4v) is 2.22. The number of carbonyl (C=O) groups is 1. The van der Waals surface area contributed by atoms with Gasteiger partial charge in [-0.15, -0.1) is 11.8 Å². The summed E-state index contributed by atoms with van der Waals surface area (Å²) < 4.78 is 1.89. The number of carbonyl (C=O) groups excluding carboxylic acids is 1. The molecular weight excluding hydrogens is 172 g/mol. The van der Waals surface area contributed by atoms with Gasteiger partial charge >= 0.3 is 0 Å². The van der Waals surface area contributed by atoms with E-state index in [9.17, 15) is 4.79 Å². The van der Waals surface area contributed by atoms with Crippen LogP contribution in [0.2, 0.25) is 0 Å². The summed E-state index contributed by atoms with van der Waals surface area (Å²) in [5.41, 5.74) is 0. The van der Waals surface area contributed by atoms with Gasteiger partial charge in [-0.2, -0.15) is 0 Å². The van der Waals surface area contributed by atoms with E-state index in [0.717, 1.165) is 10.8 Å². The molecule has 4 heteroatoms. The summed E-state index contributed by atoms with van der Waals surface area (Å²) >= 11 is 1.72. The molecule has 2 heterocycles. The van der Waals surface area contributed by atoms with Gasteiger partial charge in [0.25, 0.3) is 0 Å². The number of nitrogens with zero attached hydrogens (tertiary/aromatic N) is 2. The Balaban J connectivity index is 2.41. The monoisotopic (exact) mass is 182 g/mol. The zero-order valence-corrected chi connectivity index (χ0v) is 7.67. The van der Waals surface area contributed by atoms with Gasteiger partial charge in [0.1, 0.15) is 0 Å². The Labute approximate surface area is 75.3 Å². The van der Waals surface area contributed by atoms with Gasteiger partial charge in [-0.3, -0.25) is 14.5 Å². The number of rotatable bonds is 0. The summed E-state index contributed by atoms with van der Waals surface area (Å²) in [5, 5.41) is 2.80. The molecule has 0 saturated carbocycles. The lowest BCUT2D eigenvalue weighted by Gasteiger charge is -2.17. The van der Waals surface area contributed by atoms with Gasteiger partial charge in [0, 0.05) is 25.4 Å². The van der Waals surface area contributed by atoms with Crippen LogP contribution in [-0.4, -0.2) is 23.4 Å². The topological polar surface area (TPSA) is 25.2 Å². The summed E-state index contributed by atoms with van der Waals surface area (Å²) in [6, 6.07) is 3.98. The summed E-state index contributed by atoms with van der Waals surface area (Å²) in [6.45, 7) is 0. The normalized spacial score (nSPS) is 17.4. The van der Waals surface area contributed by atoms with Gasteiger partial charge in [-0.05, 0) is 12.1 Å². The molecule has 0 spiro atoms. The van der Waals surface area contributed by atoms with Crippen LogP contribution < -0.4 is 5.01 Å². The summed E-state index contributed by atoms with van der Waals surface area (Å²) in [6.07, 6.45) is 2.54. The molecular formula is C8H10N2OS. The predicted octanol–water partition coefficient (Wildman–Crippen LogP) is 1.08. The van der Waals surface area contributed by atoms with Crippen molar-refractivity contribution in [2.24, 2.45) is 0 Å². The first kappa shape index (κ1) is 7.73. The van der Waals surface area contributed by atoms with Crippen LogP contribution in [0.25, 0.3) is 0 Å². The molecule has 0 saturated heterocycles. The first-order chi connectivity index (χ1) is 5.79. The number of hydrogen-bond donors (Lipinski definition) is 0. The Bertz CT molecular complexity index is 308. The Morgan fingerprint density at radius 1 is 1.58 bits per heavy atom. The Hall–Kier alpha value is -0.900. The van der Waals surface area contributed by atoms with Crippen molar-refractivity contribution >= 4 is 17.7 Å². The average molecular weight is 182 g/mol. The van der Waals surface area contributed by atoms with Crippen molar-refractivity contribution in [1.82, 2.24) is 4.68 Å². The molecule has 1 aliphatic rings. The number of amides is 1. The molecule has 3 nitrogen and oxygen atoms in total. The van der Waals surface area contributed by atoms with E-state index in [4.69, 9.17) is 0 Å². The molecule has 0 aromatic carbocycles. The molecule has 12 heavy (non-hydrogen) atoms. The third-order valence-corrected chi connectivity index (χ3v) is 2.97. The van der Waals surface area contributed by atoms with Crippen molar-refractivity contribution in [2.75, 3.05) is 17.8 Å². The molecule has 1 aromatic rings. The van der Waals surface area contributed by atoms with Crippen molar-refractivity contribution in [2.45, 2.75) is 11.4 Å². The van der Waals surface area contributed by atoms with Crippen LogP contribution >= 0.6 is 11.8 Å². The van der Waals surface area contributed by atoms with Crippen LogP contribution in [0, 0.1) is 0 Å². The van der Waals surface area contributed by atoms with Crippen molar-refractivity contribution in [1.29, 1.82) is 0 Å². The standard InChI is InChI=1S/C8H10N2OS/c1-9-7(11)4-6-12-8-3-2-5-10(8)9/h2-3,5H,4,6H2,1H3. The maximum absolute atomic E-state index is 11.4. The van der Waals surface area contributed by atoms with Gasteiger partial charge in [0.15, 0.2) is 0 Å². The molecule has 0 bridgehead atoms. The van der Waals surface area contributed by atoms with Crippen molar-refractivity contribution < 1.29 is 4.79 Å². The second-order valence-electron chi connectivity index (χ2n) is 2.71. The molecule has 1 aromatic heterocycles. The minimum Gasteiger partial charge on any atom is -0.273 e. The highest BCUT2D eigenvalue weighted by atomic mass is 32.2. The molecule has 0 radical (unpaired) electrons. The SMILES string of the molecule is CN1C(=O)CCSc2cccn21. The van der Waals surface area contributed by atoms with Crippen LogP contribution in [-0.2, 0) is 4.79 Å². The Kier molecular flexibility index (Phi) is 1.84. The lowest BCUT2D eigenvalue weighted by molar-refractivity contribution is -0.119. The van der Waals surface area contributed by atoms with Gasteiger partial charge in [0.05, 0.1) is 5.03 Å². The number of fused-ring (bicyclic) bond motifs is 1. The van der Waals surface area contributed by atoms with Crippen LogP contribution in [0.4, 0.5) is 0 Å². The van der Waals surface area contributed by atoms with Crippen molar-refractivity contribution in [3.05, 3.63) is 18.3 Å². The van der Waals surface area contributed by atoms with Crippen LogP contribution in [0.15, 0.2) is 23.4 Å². The predicted molar refractivity (Wildman–Crippen MR) is 48.9 cm³/mol. The molecule has 0 atom stereocenters. The second kappa shape index (κ2) is 2.86. The van der Waals surface area contributed by atoms with Crippen LogP contribution in [0.1, 0.15) is 6.42 Å². The molecule has 0 unspecified atom stereocenters. The summed E-state index contributed by atoms with van der Waals surface area (Å²) in [5.74, 6) is 1.06. The minimum absolute atomic E-state index is 0.178. The zero-order valence-electron chi connectivity index (χ0n) is 6.86. The third kappa shape index (κ3) is 1.12. The molecule has 0 fully saturated rings.